The number of thiazole rings is 1. The molecule has 3 heterocycles. The molecule has 1 aromatic carbocycles. The topological polar surface area (TPSA) is 102 Å². The number of halogens is 2. The lowest BCUT2D eigenvalue weighted by atomic mass is 9.93. The number of anilines is 2. The van der Waals surface area contributed by atoms with Gasteiger partial charge in [0.15, 0.2) is 5.13 Å². The molecular formula is C23H26ClFN4O4S2. The Morgan fingerprint density at radius 1 is 1.29 bits per heavy atom. The lowest BCUT2D eigenvalue weighted by Gasteiger charge is -2.28. The zero-order valence-electron chi connectivity index (χ0n) is 19.5. The number of sulfonamides is 1. The maximum atomic E-state index is 13.4. The Labute approximate surface area is 212 Å². The molecule has 12 heteroatoms. The first-order valence-corrected chi connectivity index (χ1v) is 13.7. The van der Waals surface area contributed by atoms with Crippen molar-refractivity contribution in [1.82, 2.24) is 9.97 Å². The summed E-state index contributed by atoms with van der Waals surface area (Å²) in [4.78, 5) is 9.48. The van der Waals surface area contributed by atoms with Gasteiger partial charge in [-0.15, -0.1) is 0 Å². The summed E-state index contributed by atoms with van der Waals surface area (Å²) in [7, 11) is -2.81. The van der Waals surface area contributed by atoms with Crippen molar-refractivity contribution in [2.75, 3.05) is 30.4 Å². The largest absolute Gasteiger partial charge is 0.480 e. The third-order valence-corrected chi connectivity index (χ3v) is 8.67. The molecule has 4 rings (SSSR count). The van der Waals surface area contributed by atoms with E-state index in [9.17, 15) is 12.8 Å². The molecule has 35 heavy (non-hydrogen) atoms. The average Bonchev–Trinajstić information content (AvgIpc) is 3.20. The number of aryl methyl sites for hydroxylation is 1. The molecular weight excluding hydrogens is 515 g/mol. The third-order valence-electron chi connectivity index (χ3n) is 5.86. The number of aromatic nitrogens is 2. The molecule has 0 spiro atoms. The molecule has 0 bridgehead atoms. The van der Waals surface area contributed by atoms with Crippen molar-refractivity contribution in [2.24, 2.45) is 5.92 Å². The lowest BCUT2D eigenvalue weighted by molar-refractivity contribution is 0.0622. The summed E-state index contributed by atoms with van der Waals surface area (Å²) in [5, 5.41) is 4.18. The van der Waals surface area contributed by atoms with Gasteiger partial charge in [0, 0.05) is 31.0 Å². The van der Waals surface area contributed by atoms with Crippen LogP contribution in [0.4, 0.5) is 15.2 Å². The molecule has 1 atom stereocenters. The van der Waals surface area contributed by atoms with Crippen LogP contribution in [-0.4, -0.2) is 44.8 Å². The number of nitrogens with zero attached hydrogens (tertiary/aromatic N) is 2. The van der Waals surface area contributed by atoms with Gasteiger partial charge in [-0.05, 0) is 56.9 Å². The monoisotopic (exact) mass is 540 g/mol. The summed E-state index contributed by atoms with van der Waals surface area (Å²) in [6, 6.07) is 5.11. The van der Waals surface area contributed by atoms with E-state index >= 15 is 0 Å². The van der Waals surface area contributed by atoms with Crippen molar-refractivity contribution in [1.29, 1.82) is 0 Å². The fourth-order valence-electron chi connectivity index (χ4n) is 3.93. The molecule has 0 radical (unpaired) electrons. The minimum atomic E-state index is -4.15. The maximum absolute atomic E-state index is 13.4. The number of nitrogens with one attached hydrogen (secondary N) is 2. The van der Waals surface area contributed by atoms with Gasteiger partial charge in [0.2, 0.25) is 5.88 Å². The molecule has 0 amide bonds. The van der Waals surface area contributed by atoms with Crippen LogP contribution in [0.3, 0.4) is 0 Å². The van der Waals surface area contributed by atoms with E-state index in [0.29, 0.717) is 11.5 Å². The number of benzene rings is 1. The van der Waals surface area contributed by atoms with Crippen LogP contribution in [-0.2, 0) is 14.8 Å². The Hall–Kier alpha value is -2.47. The average molecular weight is 541 g/mol. The van der Waals surface area contributed by atoms with Crippen LogP contribution in [0.25, 0.3) is 10.4 Å². The molecule has 188 valence electrons. The highest BCUT2D eigenvalue weighted by Crippen LogP contribution is 2.37. The van der Waals surface area contributed by atoms with E-state index in [1.54, 1.807) is 6.20 Å². The Bertz CT molecular complexity index is 1310. The highest BCUT2D eigenvalue weighted by atomic mass is 35.5. The molecule has 3 aromatic rings. The SMILES string of the molecule is COc1ncc(-c2sc(NC(C)C3CCOCC3)nc2C)cc1S(=O)(=O)Nc1ccc(F)cc1Cl. The second kappa shape index (κ2) is 10.7. The standard InChI is InChI=1S/C23H26ClFN4O4S2/c1-13(15-6-8-33-9-7-15)27-23-28-14(2)21(34-23)16-10-20(22(32-3)26-12-16)35(30,31)29-19-5-4-17(25)11-18(19)24/h4-5,10-13,15,29H,6-9H2,1-3H3,(H,27,28). The van der Waals surface area contributed by atoms with Gasteiger partial charge in [0.1, 0.15) is 10.7 Å². The zero-order chi connectivity index (χ0) is 25.2. The first-order valence-electron chi connectivity index (χ1n) is 11.0. The van der Waals surface area contributed by atoms with Crippen molar-refractivity contribution < 1.29 is 22.3 Å². The van der Waals surface area contributed by atoms with Crippen molar-refractivity contribution in [3.8, 4) is 16.3 Å². The second-order valence-corrected chi connectivity index (χ2v) is 11.3. The molecule has 8 nitrogen and oxygen atoms in total. The van der Waals surface area contributed by atoms with E-state index in [-0.39, 0.29) is 27.5 Å². The smallest absolute Gasteiger partial charge is 0.267 e. The van der Waals surface area contributed by atoms with E-state index in [1.807, 2.05) is 6.92 Å². The molecule has 1 fully saturated rings. The van der Waals surface area contributed by atoms with Gasteiger partial charge in [0.05, 0.1) is 28.4 Å². The predicted molar refractivity (Wildman–Crippen MR) is 135 cm³/mol. The second-order valence-electron chi connectivity index (χ2n) is 8.28. The van der Waals surface area contributed by atoms with E-state index in [1.165, 1.54) is 30.6 Å². The number of ether oxygens (including phenoxy) is 2. The lowest BCUT2D eigenvalue weighted by Crippen LogP contribution is -2.30. The maximum Gasteiger partial charge on any atom is 0.267 e. The van der Waals surface area contributed by atoms with E-state index in [4.69, 9.17) is 21.1 Å². The first-order chi connectivity index (χ1) is 16.7. The fraction of sp³-hybridized carbons (Fsp3) is 0.391. The zero-order valence-corrected chi connectivity index (χ0v) is 21.9. The van der Waals surface area contributed by atoms with Crippen LogP contribution in [0, 0.1) is 18.7 Å². The quantitative estimate of drug-likeness (QED) is 0.397. The Kier molecular flexibility index (Phi) is 7.80. The van der Waals surface area contributed by atoms with Gasteiger partial charge in [-0.3, -0.25) is 4.72 Å². The van der Waals surface area contributed by atoms with Gasteiger partial charge >= 0.3 is 0 Å². The number of methoxy groups -OCH3 is 1. The molecule has 1 saturated heterocycles. The first kappa shape index (κ1) is 25.6. The van der Waals surface area contributed by atoms with Crippen molar-refractivity contribution in [3.05, 3.63) is 47.0 Å². The predicted octanol–water partition coefficient (Wildman–Crippen LogP) is 5.34. The van der Waals surface area contributed by atoms with Crippen LogP contribution in [0.15, 0.2) is 35.4 Å². The fourth-order valence-corrected chi connectivity index (χ4v) is 6.47. The molecule has 2 N–H and O–H groups in total. The molecule has 0 aliphatic carbocycles. The van der Waals surface area contributed by atoms with Crippen LogP contribution in [0.2, 0.25) is 5.02 Å². The summed E-state index contributed by atoms with van der Waals surface area (Å²) >= 11 is 7.44. The molecule has 1 aliphatic heterocycles. The number of hydrogen-bond acceptors (Lipinski definition) is 8. The molecule has 1 unspecified atom stereocenters. The number of hydrogen-bond donors (Lipinski definition) is 2. The number of rotatable bonds is 8. The van der Waals surface area contributed by atoms with Gasteiger partial charge in [-0.1, -0.05) is 22.9 Å². The van der Waals surface area contributed by atoms with Crippen LogP contribution < -0.4 is 14.8 Å². The van der Waals surface area contributed by atoms with Gasteiger partial charge in [-0.25, -0.2) is 22.8 Å². The highest BCUT2D eigenvalue weighted by molar-refractivity contribution is 7.92. The van der Waals surface area contributed by atoms with E-state index < -0.39 is 15.8 Å². The van der Waals surface area contributed by atoms with Crippen molar-refractivity contribution in [2.45, 2.75) is 37.6 Å². The summed E-state index contributed by atoms with van der Waals surface area (Å²) in [5.41, 5.74) is 1.38. The summed E-state index contributed by atoms with van der Waals surface area (Å²) in [6.07, 6.45) is 3.55. The van der Waals surface area contributed by atoms with Crippen LogP contribution >= 0.6 is 22.9 Å². The molecule has 1 aliphatic rings. The van der Waals surface area contributed by atoms with E-state index in [2.05, 4.69) is 26.9 Å². The van der Waals surface area contributed by atoms with Crippen molar-refractivity contribution in [3.63, 3.8) is 0 Å². The van der Waals surface area contributed by atoms with Crippen molar-refractivity contribution >= 4 is 43.8 Å². The Balaban J connectivity index is 1.62. The van der Waals surface area contributed by atoms with Crippen LogP contribution in [0.5, 0.6) is 5.88 Å². The number of pyridine rings is 1. The van der Waals surface area contributed by atoms with Gasteiger partial charge < -0.3 is 14.8 Å². The van der Waals surface area contributed by atoms with E-state index in [0.717, 1.165) is 53.9 Å². The minimum Gasteiger partial charge on any atom is -0.480 e. The third kappa shape index (κ3) is 5.85. The summed E-state index contributed by atoms with van der Waals surface area (Å²) in [6.45, 7) is 5.54. The highest BCUT2D eigenvalue weighted by Gasteiger charge is 2.25. The summed E-state index contributed by atoms with van der Waals surface area (Å²) < 4.78 is 52.8. The van der Waals surface area contributed by atoms with Gasteiger partial charge in [-0.2, -0.15) is 0 Å². The normalized spacial score (nSPS) is 15.6. The van der Waals surface area contributed by atoms with Gasteiger partial charge in [0.25, 0.3) is 10.0 Å². The molecule has 0 saturated carbocycles. The Morgan fingerprint density at radius 3 is 2.71 bits per heavy atom. The summed E-state index contributed by atoms with van der Waals surface area (Å²) in [5.74, 6) is -0.149. The van der Waals surface area contributed by atoms with Crippen LogP contribution in [0.1, 0.15) is 25.5 Å². The minimum absolute atomic E-state index is 0.0445. The Morgan fingerprint density at radius 2 is 2.03 bits per heavy atom. The molecule has 2 aromatic heterocycles.